The maximum Gasteiger partial charge on any atom is 0.232 e. The lowest BCUT2D eigenvalue weighted by atomic mass is 10.1. The highest BCUT2D eigenvalue weighted by atomic mass is 32.2. The average Bonchev–Trinajstić information content (AvgIpc) is 2.87. The first-order valence-electron chi connectivity index (χ1n) is 5.54. The van der Waals surface area contributed by atoms with Gasteiger partial charge in [-0.1, -0.05) is 12.1 Å². The zero-order valence-electron chi connectivity index (χ0n) is 9.39. The molecule has 1 aromatic rings. The van der Waals surface area contributed by atoms with E-state index in [1.54, 1.807) is 0 Å². The highest BCUT2D eigenvalue weighted by molar-refractivity contribution is 7.99. The van der Waals surface area contributed by atoms with Crippen molar-refractivity contribution in [2.75, 3.05) is 17.3 Å². The molecule has 0 spiro atoms. The lowest BCUT2D eigenvalue weighted by Gasteiger charge is -2.07. The van der Waals surface area contributed by atoms with E-state index >= 15 is 0 Å². The number of rotatable bonds is 5. The van der Waals surface area contributed by atoms with Crippen LogP contribution in [0.15, 0.2) is 4.52 Å². The summed E-state index contributed by atoms with van der Waals surface area (Å²) in [5, 5.41) is 4.00. The SMILES string of the molecule is CCCSCc1noc(C2CSCC2N)n1. The van der Waals surface area contributed by atoms with Crippen LogP contribution in [0.2, 0.25) is 0 Å². The Morgan fingerprint density at radius 2 is 2.44 bits per heavy atom. The van der Waals surface area contributed by atoms with Crippen LogP contribution < -0.4 is 5.73 Å². The zero-order valence-corrected chi connectivity index (χ0v) is 11.0. The molecule has 6 heteroatoms. The summed E-state index contributed by atoms with van der Waals surface area (Å²) in [6, 6.07) is 0.168. The number of nitrogens with two attached hydrogens (primary N) is 1. The predicted octanol–water partition coefficient (Wildman–Crippen LogP) is 1.87. The Morgan fingerprint density at radius 3 is 3.12 bits per heavy atom. The van der Waals surface area contributed by atoms with Gasteiger partial charge in [0, 0.05) is 17.5 Å². The van der Waals surface area contributed by atoms with Gasteiger partial charge in [-0.05, 0) is 12.2 Å². The highest BCUT2D eigenvalue weighted by Crippen LogP contribution is 2.30. The Morgan fingerprint density at radius 1 is 1.56 bits per heavy atom. The minimum Gasteiger partial charge on any atom is -0.339 e. The van der Waals surface area contributed by atoms with Crippen LogP contribution in [0.3, 0.4) is 0 Å². The summed E-state index contributed by atoms with van der Waals surface area (Å²) in [4.78, 5) is 4.42. The number of hydrogen-bond acceptors (Lipinski definition) is 6. The first-order chi connectivity index (χ1) is 7.81. The quantitative estimate of drug-likeness (QED) is 0.814. The third kappa shape index (κ3) is 2.93. The molecule has 1 fully saturated rings. The molecular formula is C10H17N3OS2. The van der Waals surface area contributed by atoms with Crippen molar-refractivity contribution in [3.8, 4) is 0 Å². The van der Waals surface area contributed by atoms with E-state index < -0.39 is 0 Å². The summed E-state index contributed by atoms with van der Waals surface area (Å²) in [7, 11) is 0. The van der Waals surface area contributed by atoms with Crippen LogP contribution in [0.4, 0.5) is 0 Å². The van der Waals surface area contributed by atoms with Gasteiger partial charge in [0.2, 0.25) is 5.89 Å². The fraction of sp³-hybridized carbons (Fsp3) is 0.800. The van der Waals surface area contributed by atoms with E-state index in [9.17, 15) is 0 Å². The first-order valence-corrected chi connectivity index (χ1v) is 7.85. The third-order valence-corrected chi connectivity index (χ3v) is 4.88. The van der Waals surface area contributed by atoms with Gasteiger partial charge in [0.25, 0.3) is 0 Å². The summed E-state index contributed by atoms with van der Waals surface area (Å²) >= 11 is 3.70. The Hall–Kier alpha value is -0.200. The molecule has 1 aromatic heterocycles. The maximum absolute atomic E-state index is 5.99. The number of nitrogens with zero attached hydrogens (tertiary/aromatic N) is 2. The van der Waals surface area contributed by atoms with Crippen molar-refractivity contribution in [3.63, 3.8) is 0 Å². The fourth-order valence-corrected chi connectivity index (χ4v) is 3.63. The summed E-state index contributed by atoms with van der Waals surface area (Å²) in [6.07, 6.45) is 1.18. The Balaban J connectivity index is 1.91. The van der Waals surface area contributed by atoms with Crippen molar-refractivity contribution < 1.29 is 4.52 Å². The van der Waals surface area contributed by atoms with Gasteiger partial charge in [0.1, 0.15) is 0 Å². The molecular weight excluding hydrogens is 242 g/mol. The van der Waals surface area contributed by atoms with Crippen molar-refractivity contribution in [1.82, 2.24) is 10.1 Å². The van der Waals surface area contributed by atoms with E-state index in [0.29, 0.717) is 0 Å². The molecule has 16 heavy (non-hydrogen) atoms. The van der Waals surface area contributed by atoms with Crippen LogP contribution in [-0.4, -0.2) is 33.4 Å². The molecule has 1 aliphatic heterocycles. The van der Waals surface area contributed by atoms with E-state index in [-0.39, 0.29) is 12.0 Å². The van der Waals surface area contributed by atoms with Crippen molar-refractivity contribution in [2.24, 2.45) is 5.73 Å². The van der Waals surface area contributed by atoms with Crippen LogP contribution in [0.1, 0.15) is 31.0 Å². The minimum atomic E-state index is 0.168. The predicted molar refractivity (Wildman–Crippen MR) is 68.8 cm³/mol. The molecule has 0 amide bonds. The monoisotopic (exact) mass is 259 g/mol. The molecule has 1 aliphatic rings. The van der Waals surface area contributed by atoms with E-state index in [2.05, 4.69) is 17.1 Å². The fourth-order valence-electron chi connectivity index (χ4n) is 1.61. The van der Waals surface area contributed by atoms with Crippen molar-refractivity contribution >= 4 is 23.5 Å². The summed E-state index contributed by atoms with van der Waals surface area (Å²) in [5.41, 5.74) is 5.99. The van der Waals surface area contributed by atoms with Gasteiger partial charge in [-0.15, -0.1) is 0 Å². The molecule has 0 aliphatic carbocycles. The van der Waals surface area contributed by atoms with E-state index in [4.69, 9.17) is 10.3 Å². The summed E-state index contributed by atoms with van der Waals surface area (Å²) < 4.78 is 5.28. The van der Waals surface area contributed by atoms with Gasteiger partial charge in [0.05, 0.1) is 11.7 Å². The molecule has 1 saturated heterocycles. The van der Waals surface area contributed by atoms with Gasteiger partial charge in [0.15, 0.2) is 5.82 Å². The van der Waals surface area contributed by atoms with Gasteiger partial charge in [-0.2, -0.15) is 28.5 Å². The van der Waals surface area contributed by atoms with Crippen molar-refractivity contribution in [2.45, 2.75) is 31.1 Å². The molecule has 2 heterocycles. The maximum atomic E-state index is 5.99. The molecule has 0 aromatic carbocycles. The average molecular weight is 259 g/mol. The minimum absolute atomic E-state index is 0.168. The van der Waals surface area contributed by atoms with Crippen molar-refractivity contribution in [1.29, 1.82) is 0 Å². The van der Waals surface area contributed by atoms with Crippen LogP contribution in [0, 0.1) is 0 Å². The molecule has 2 N–H and O–H groups in total. The van der Waals surface area contributed by atoms with Crippen LogP contribution >= 0.6 is 23.5 Å². The molecule has 90 valence electrons. The molecule has 2 atom stereocenters. The lowest BCUT2D eigenvalue weighted by Crippen LogP contribution is -2.26. The zero-order chi connectivity index (χ0) is 11.4. The Kier molecular flexibility index (Phi) is 4.55. The van der Waals surface area contributed by atoms with Gasteiger partial charge in [-0.25, -0.2) is 0 Å². The van der Waals surface area contributed by atoms with Crippen LogP contribution in [0.5, 0.6) is 0 Å². The Labute approximate surface area is 104 Å². The van der Waals surface area contributed by atoms with Crippen molar-refractivity contribution in [3.05, 3.63) is 11.7 Å². The molecule has 2 unspecified atom stereocenters. The van der Waals surface area contributed by atoms with Crippen LogP contribution in [-0.2, 0) is 5.75 Å². The lowest BCUT2D eigenvalue weighted by molar-refractivity contribution is 0.349. The second-order valence-corrected chi connectivity index (χ2v) is 6.09. The van der Waals surface area contributed by atoms with E-state index in [1.165, 1.54) is 6.42 Å². The summed E-state index contributed by atoms with van der Waals surface area (Å²) in [5.74, 6) is 5.76. The molecule has 2 rings (SSSR count). The number of thioether (sulfide) groups is 2. The molecule has 0 saturated carbocycles. The number of hydrogen-bond donors (Lipinski definition) is 1. The van der Waals surface area contributed by atoms with Gasteiger partial charge >= 0.3 is 0 Å². The largest absolute Gasteiger partial charge is 0.339 e. The summed E-state index contributed by atoms with van der Waals surface area (Å²) in [6.45, 7) is 2.17. The standard InChI is InChI=1S/C10H17N3OS2/c1-2-3-15-6-9-12-10(14-13-9)7-4-16-5-8(7)11/h7-8H,2-6,11H2,1H3. The topological polar surface area (TPSA) is 64.9 Å². The number of aromatic nitrogens is 2. The first kappa shape index (κ1) is 12.3. The van der Waals surface area contributed by atoms with Gasteiger partial charge in [-0.3, -0.25) is 0 Å². The molecule has 0 radical (unpaired) electrons. The van der Waals surface area contributed by atoms with E-state index in [1.807, 2.05) is 23.5 Å². The second-order valence-electron chi connectivity index (χ2n) is 3.91. The molecule has 0 bridgehead atoms. The normalized spacial score (nSPS) is 25.1. The smallest absolute Gasteiger partial charge is 0.232 e. The second kappa shape index (κ2) is 5.93. The van der Waals surface area contributed by atoms with Gasteiger partial charge < -0.3 is 10.3 Å². The van der Waals surface area contributed by atoms with Crippen LogP contribution in [0.25, 0.3) is 0 Å². The molecule has 4 nitrogen and oxygen atoms in total. The Bertz CT molecular complexity index is 332. The third-order valence-electron chi connectivity index (χ3n) is 2.51. The highest BCUT2D eigenvalue weighted by Gasteiger charge is 2.30. The van der Waals surface area contributed by atoms with E-state index in [0.717, 1.165) is 34.7 Å².